The molecule has 116 valence electrons. The van der Waals surface area contributed by atoms with Crippen molar-refractivity contribution in [2.24, 2.45) is 5.92 Å². The van der Waals surface area contributed by atoms with Crippen LogP contribution in [0.2, 0.25) is 0 Å². The predicted octanol–water partition coefficient (Wildman–Crippen LogP) is 1.51. The van der Waals surface area contributed by atoms with Crippen molar-refractivity contribution in [2.75, 3.05) is 20.7 Å². The second-order valence-electron chi connectivity index (χ2n) is 4.91. The minimum Gasteiger partial charge on any atom is -0.495 e. The number of aromatic nitrogens is 1. The molecular formula is C14H21N3O4. The topological polar surface area (TPSA) is 91.8 Å². The molecule has 0 saturated carbocycles. The molecule has 21 heavy (non-hydrogen) atoms. The number of aliphatic carboxylic acids is 1. The smallest absolute Gasteiger partial charge is 0.317 e. The number of nitrogens with zero attached hydrogens (tertiary/aromatic N) is 2. The van der Waals surface area contributed by atoms with Gasteiger partial charge in [-0.3, -0.25) is 9.78 Å². The Bertz CT molecular complexity index is 507. The predicted molar refractivity (Wildman–Crippen MR) is 77.2 cm³/mol. The Kier molecular flexibility index (Phi) is 5.95. The molecule has 2 atom stereocenters. The van der Waals surface area contributed by atoms with E-state index >= 15 is 0 Å². The number of carbonyl (C=O) groups excluding carboxylic acids is 1. The largest absolute Gasteiger partial charge is 0.495 e. The first-order chi connectivity index (χ1) is 9.86. The third kappa shape index (κ3) is 4.62. The van der Waals surface area contributed by atoms with Crippen LogP contribution in [-0.4, -0.2) is 47.7 Å². The number of methoxy groups -OCH3 is 1. The van der Waals surface area contributed by atoms with E-state index < -0.39 is 11.9 Å². The van der Waals surface area contributed by atoms with Gasteiger partial charge in [0.15, 0.2) is 0 Å². The molecule has 2 unspecified atom stereocenters. The molecule has 2 N–H and O–H groups in total. The number of carboxylic acids is 1. The second-order valence-corrected chi connectivity index (χ2v) is 4.91. The van der Waals surface area contributed by atoms with Gasteiger partial charge in [0, 0.05) is 25.4 Å². The van der Waals surface area contributed by atoms with Gasteiger partial charge in [0.05, 0.1) is 25.3 Å². The Morgan fingerprint density at radius 3 is 2.71 bits per heavy atom. The van der Waals surface area contributed by atoms with E-state index in [1.165, 1.54) is 12.0 Å². The minimum absolute atomic E-state index is 0.140. The van der Waals surface area contributed by atoms with Crippen LogP contribution in [0.15, 0.2) is 18.5 Å². The van der Waals surface area contributed by atoms with E-state index in [9.17, 15) is 9.59 Å². The molecule has 0 fully saturated rings. The summed E-state index contributed by atoms with van der Waals surface area (Å²) < 4.78 is 5.20. The van der Waals surface area contributed by atoms with Crippen LogP contribution in [0.25, 0.3) is 0 Å². The van der Waals surface area contributed by atoms with Crippen LogP contribution < -0.4 is 10.1 Å². The number of amides is 2. The standard InChI is InChI=1S/C14H21N3O4/c1-9(13(18)19)8-17(3)14(20)16-10(2)11-5-6-15-7-12(11)21-4/h5-7,9-10H,8H2,1-4H3,(H,16,20)(H,18,19). The SMILES string of the molecule is COc1cnccc1C(C)NC(=O)N(C)CC(C)C(=O)O. The van der Waals surface area contributed by atoms with Crippen LogP contribution in [0.4, 0.5) is 4.79 Å². The van der Waals surface area contributed by atoms with Crippen LogP contribution in [0.1, 0.15) is 25.5 Å². The van der Waals surface area contributed by atoms with Gasteiger partial charge in [-0.15, -0.1) is 0 Å². The molecule has 0 aliphatic heterocycles. The molecule has 1 rings (SSSR count). The quantitative estimate of drug-likeness (QED) is 0.830. The maximum atomic E-state index is 12.0. The molecule has 7 heteroatoms. The second kappa shape index (κ2) is 7.47. The maximum absolute atomic E-state index is 12.0. The molecule has 0 bridgehead atoms. The van der Waals surface area contributed by atoms with Crippen LogP contribution in [0, 0.1) is 5.92 Å². The normalized spacial score (nSPS) is 13.1. The van der Waals surface area contributed by atoms with Gasteiger partial charge in [-0.2, -0.15) is 0 Å². The van der Waals surface area contributed by atoms with Crippen LogP contribution >= 0.6 is 0 Å². The number of urea groups is 1. The summed E-state index contributed by atoms with van der Waals surface area (Å²) in [6.07, 6.45) is 3.20. The van der Waals surface area contributed by atoms with Gasteiger partial charge in [-0.1, -0.05) is 6.92 Å². The zero-order valence-electron chi connectivity index (χ0n) is 12.7. The Morgan fingerprint density at radius 1 is 1.48 bits per heavy atom. The fourth-order valence-corrected chi connectivity index (χ4v) is 1.86. The summed E-state index contributed by atoms with van der Waals surface area (Å²) >= 11 is 0. The third-order valence-corrected chi connectivity index (χ3v) is 3.16. The zero-order valence-corrected chi connectivity index (χ0v) is 12.7. The van der Waals surface area contributed by atoms with Gasteiger partial charge >= 0.3 is 12.0 Å². The molecule has 0 radical (unpaired) electrons. The fourth-order valence-electron chi connectivity index (χ4n) is 1.86. The summed E-state index contributed by atoms with van der Waals surface area (Å²) in [5.74, 6) is -0.961. The molecule has 0 spiro atoms. The van der Waals surface area contributed by atoms with Crippen molar-refractivity contribution in [1.29, 1.82) is 0 Å². The first-order valence-corrected chi connectivity index (χ1v) is 6.59. The summed E-state index contributed by atoms with van der Waals surface area (Å²) in [6.45, 7) is 3.52. The molecule has 1 aromatic heterocycles. The minimum atomic E-state index is -0.932. The molecular weight excluding hydrogens is 274 g/mol. The van der Waals surface area contributed by atoms with Gasteiger partial charge in [-0.05, 0) is 13.0 Å². The number of hydrogen-bond acceptors (Lipinski definition) is 4. The van der Waals surface area contributed by atoms with Crippen molar-refractivity contribution in [3.05, 3.63) is 24.0 Å². The van der Waals surface area contributed by atoms with Gasteiger partial charge in [0.25, 0.3) is 0 Å². The van der Waals surface area contributed by atoms with Crippen molar-refractivity contribution < 1.29 is 19.4 Å². The van der Waals surface area contributed by atoms with Gasteiger partial charge < -0.3 is 20.1 Å². The number of rotatable bonds is 6. The van der Waals surface area contributed by atoms with E-state index in [1.54, 1.807) is 32.4 Å². The maximum Gasteiger partial charge on any atom is 0.317 e. The lowest BCUT2D eigenvalue weighted by molar-refractivity contribution is -0.141. The molecule has 1 aromatic rings. The highest BCUT2D eigenvalue weighted by Crippen LogP contribution is 2.23. The highest BCUT2D eigenvalue weighted by molar-refractivity contribution is 5.76. The number of carboxylic acid groups (broad SMARTS) is 1. The van der Waals surface area contributed by atoms with Gasteiger partial charge in [-0.25, -0.2) is 4.79 Å². The molecule has 7 nitrogen and oxygen atoms in total. The summed E-state index contributed by atoms with van der Waals surface area (Å²) in [5, 5.41) is 11.7. The first-order valence-electron chi connectivity index (χ1n) is 6.59. The summed E-state index contributed by atoms with van der Waals surface area (Å²) in [6, 6.07) is 1.15. The number of hydrogen-bond donors (Lipinski definition) is 2. The molecule has 2 amide bonds. The lowest BCUT2D eigenvalue weighted by Crippen LogP contribution is -2.41. The van der Waals surface area contributed by atoms with Crippen molar-refractivity contribution in [3.8, 4) is 5.75 Å². The monoisotopic (exact) mass is 295 g/mol. The fraction of sp³-hybridized carbons (Fsp3) is 0.500. The molecule has 0 saturated heterocycles. The molecule has 0 aliphatic carbocycles. The van der Waals surface area contributed by atoms with Crippen molar-refractivity contribution in [3.63, 3.8) is 0 Å². The lowest BCUT2D eigenvalue weighted by Gasteiger charge is -2.23. The Balaban J connectivity index is 2.67. The number of carbonyl (C=O) groups is 2. The summed E-state index contributed by atoms with van der Waals surface area (Å²) in [4.78, 5) is 28.2. The molecule has 0 aromatic carbocycles. The summed E-state index contributed by atoms with van der Waals surface area (Å²) in [7, 11) is 3.10. The van der Waals surface area contributed by atoms with Crippen molar-refractivity contribution in [2.45, 2.75) is 19.9 Å². The Morgan fingerprint density at radius 2 is 2.14 bits per heavy atom. The van der Waals surface area contributed by atoms with E-state index in [4.69, 9.17) is 9.84 Å². The zero-order chi connectivity index (χ0) is 16.0. The highest BCUT2D eigenvalue weighted by Gasteiger charge is 2.20. The highest BCUT2D eigenvalue weighted by atomic mass is 16.5. The Hall–Kier alpha value is -2.31. The first kappa shape index (κ1) is 16.7. The number of ether oxygens (including phenoxy) is 1. The Labute approximate surface area is 123 Å². The third-order valence-electron chi connectivity index (χ3n) is 3.16. The van der Waals surface area contributed by atoms with Crippen molar-refractivity contribution >= 4 is 12.0 Å². The average Bonchev–Trinajstić information content (AvgIpc) is 2.46. The van der Waals surface area contributed by atoms with E-state index in [-0.39, 0.29) is 18.6 Å². The summed E-state index contributed by atoms with van der Waals surface area (Å²) in [5.41, 5.74) is 0.806. The number of nitrogens with one attached hydrogen (secondary N) is 1. The van der Waals surface area contributed by atoms with E-state index in [2.05, 4.69) is 10.3 Å². The average molecular weight is 295 g/mol. The lowest BCUT2D eigenvalue weighted by atomic mass is 10.1. The van der Waals surface area contributed by atoms with Crippen LogP contribution in [0.5, 0.6) is 5.75 Å². The van der Waals surface area contributed by atoms with E-state index in [0.717, 1.165) is 5.56 Å². The van der Waals surface area contributed by atoms with E-state index in [1.807, 2.05) is 6.92 Å². The van der Waals surface area contributed by atoms with Crippen LogP contribution in [-0.2, 0) is 4.79 Å². The molecule has 1 heterocycles. The number of pyridine rings is 1. The molecule has 0 aliphatic rings. The van der Waals surface area contributed by atoms with Gasteiger partial charge in [0.1, 0.15) is 5.75 Å². The van der Waals surface area contributed by atoms with Crippen LogP contribution in [0.3, 0.4) is 0 Å². The van der Waals surface area contributed by atoms with Gasteiger partial charge in [0.2, 0.25) is 0 Å². The van der Waals surface area contributed by atoms with E-state index in [0.29, 0.717) is 5.75 Å². The van der Waals surface area contributed by atoms with Crippen molar-refractivity contribution in [1.82, 2.24) is 15.2 Å².